The van der Waals surface area contributed by atoms with Gasteiger partial charge in [0.1, 0.15) is 0 Å². The second-order valence-corrected chi connectivity index (χ2v) is 1.41. The maximum absolute atomic E-state index is 10.5. The average molecular weight is 146 g/mol. The Morgan fingerprint density at radius 3 is 2.90 bits per heavy atom. The maximum Gasteiger partial charge on any atom is 0.376 e. The summed E-state index contributed by atoms with van der Waals surface area (Å²) in [5.74, 6) is -0.803. The van der Waals surface area contributed by atoms with Crippen LogP contribution in [0, 0.1) is 0 Å². The van der Waals surface area contributed by atoms with E-state index in [-0.39, 0.29) is 6.61 Å². The third-order valence-electron chi connectivity index (χ3n) is 0.713. The highest BCUT2D eigenvalue weighted by atomic mass is 16.6. The van der Waals surface area contributed by atoms with Gasteiger partial charge in [0, 0.05) is 0 Å². The van der Waals surface area contributed by atoms with Crippen LogP contribution < -0.4 is 0 Å². The maximum atomic E-state index is 10.5. The van der Waals surface area contributed by atoms with Crippen LogP contribution in [-0.4, -0.2) is 24.0 Å². The smallest absolute Gasteiger partial charge is 0.376 e. The Kier molecular flexibility index (Phi) is 4.32. The van der Waals surface area contributed by atoms with Crippen molar-refractivity contribution in [2.75, 3.05) is 6.61 Å². The van der Waals surface area contributed by atoms with Crippen molar-refractivity contribution in [3.05, 3.63) is 12.8 Å². The highest BCUT2D eigenvalue weighted by Crippen LogP contribution is 1.90. The lowest BCUT2D eigenvalue weighted by Crippen LogP contribution is -2.24. The molecule has 4 heteroatoms. The molecule has 0 fully saturated rings. The number of carbonyl (C=O) groups excluding carboxylic acids is 1. The first kappa shape index (κ1) is 8.97. The first-order chi connectivity index (χ1) is 4.72. The molecule has 0 aliphatic carbocycles. The van der Waals surface area contributed by atoms with Crippen LogP contribution in [0.2, 0.25) is 0 Å². The van der Waals surface area contributed by atoms with Crippen molar-refractivity contribution < 1.29 is 19.4 Å². The van der Waals surface area contributed by atoms with Gasteiger partial charge in [-0.1, -0.05) is 6.58 Å². The Morgan fingerprint density at radius 1 is 1.90 bits per heavy atom. The van der Waals surface area contributed by atoms with Crippen molar-refractivity contribution in [3.8, 4) is 0 Å². The summed E-state index contributed by atoms with van der Waals surface area (Å²) >= 11 is 0. The zero-order valence-corrected chi connectivity index (χ0v) is 5.74. The van der Waals surface area contributed by atoms with Gasteiger partial charge in [-0.05, 0) is 6.92 Å². The summed E-state index contributed by atoms with van der Waals surface area (Å²) in [5, 5.41) is 8.68. The predicted octanol–water partition coefficient (Wildman–Crippen LogP) is 0.0280. The number of aliphatic hydroxyl groups is 1. The molecule has 0 rings (SSSR count). The molecule has 1 unspecified atom stereocenters. The third kappa shape index (κ3) is 3.09. The van der Waals surface area contributed by atoms with Gasteiger partial charge in [-0.3, -0.25) is 0 Å². The van der Waals surface area contributed by atoms with Crippen molar-refractivity contribution >= 4 is 5.97 Å². The normalized spacial score (nSPS) is 11.8. The molecule has 0 aromatic heterocycles. The Hall–Kier alpha value is -1.03. The van der Waals surface area contributed by atoms with Crippen LogP contribution in [0.4, 0.5) is 0 Å². The standard InChI is InChI=1S/C6H10O4/c1-3-9-5(7)6(8)10-4-2/h3,5,7H,1,4H2,2H3. The zero-order valence-electron chi connectivity index (χ0n) is 5.74. The highest BCUT2D eigenvalue weighted by molar-refractivity contribution is 5.72. The van der Waals surface area contributed by atoms with Crippen LogP contribution in [0.25, 0.3) is 0 Å². The number of rotatable bonds is 4. The molecule has 0 aliphatic heterocycles. The van der Waals surface area contributed by atoms with Gasteiger partial charge in [-0.2, -0.15) is 0 Å². The van der Waals surface area contributed by atoms with Crippen molar-refractivity contribution in [2.24, 2.45) is 0 Å². The predicted molar refractivity (Wildman–Crippen MR) is 33.9 cm³/mol. The topological polar surface area (TPSA) is 55.8 Å². The van der Waals surface area contributed by atoms with Crippen molar-refractivity contribution in [1.82, 2.24) is 0 Å². The van der Waals surface area contributed by atoms with Gasteiger partial charge >= 0.3 is 5.97 Å². The summed E-state index contributed by atoms with van der Waals surface area (Å²) in [6.07, 6.45) is -0.570. The molecular formula is C6H10O4. The van der Waals surface area contributed by atoms with E-state index in [9.17, 15) is 4.79 Å². The molecule has 0 spiro atoms. The van der Waals surface area contributed by atoms with Crippen LogP contribution in [0.15, 0.2) is 12.8 Å². The summed E-state index contributed by atoms with van der Waals surface area (Å²) < 4.78 is 8.70. The molecule has 1 atom stereocenters. The number of aliphatic hydroxyl groups excluding tert-OH is 1. The number of hydrogen-bond acceptors (Lipinski definition) is 4. The minimum Gasteiger partial charge on any atom is -0.462 e. The zero-order chi connectivity index (χ0) is 7.98. The van der Waals surface area contributed by atoms with Crippen LogP contribution in [0.1, 0.15) is 6.92 Å². The van der Waals surface area contributed by atoms with Gasteiger partial charge in [0.05, 0.1) is 12.9 Å². The lowest BCUT2D eigenvalue weighted by Gasteiger charge is -2.07. The molecule has 4 nitrogen and oxygen atoms in total. The van der Waals surface area contributed by atoms with E-state index in [2.05, 4.69) is 16.1 Å². The van der Waals surface area contributed by atoms with E-state index in [1.165, 1.54) is 0 Å². The second-order valence-electron chi connectivity index (χ2n) is 1.41. The van der Waals surface area contributed by atoms with Gasteiger partial charge in [0.15, 0.2) is 0 Å². The lowest BCUT2D eigenvalue weighted by atomic mass is 10.6. The monoisotopic (exact) mass is 146 g/mol. The first-order valence-electron chi connectivity index (χ1n) is 2.83. The van der Waals surface area contributed by atoms with E-state index in [0.29, 0.717) is 0 Å². The highest BCUT2D eigenvalue weighted by Gasteiger charge is 2.14. The Balaban J connectivity index is 3.58. The summed E-state index contributed by atoms with van der Waals surface area (Å²) in [4.78, 5) is 10.5. The van der Waals surface area contributed by atoms with Crippen LogP contribution >= 0.6 is 0 Å². The summed E-state index contributed by atoms with van der Waals surface area (Å²) in [6, 6.07) is 0. The Bertz CT molecular complexity index is 121. The van der Waals surface area contributed by atoms with Crippen LogP contribution in [0.3, 0.4) is 0 Å². The quantitative estimate of drug-likeness (QED) is 0.345. The average Bonchev–Trinajstić information content (AvgIpc) is 1.89. The minimum absolute atomic E-state index is 0.219. The Morgan fingerprint density at radius 2 is 2.50 bits per heavy atom. The molecule has 0 aromatic rings. The first-order valence-corrected chi connectivity index (χ1v) is 2.83. The molecule has 0 amide bonds. The molecular weight excluding hydrogens is 136 g/mol. The van der Waals surface area contributed by atoms with E-state index >= 15 is 0 Å². The molecule has 58 valence electrons. The molecule has 0 saturated heterocycles. The number of esters is 1. The van der Waals surface area contributed by atoms with Gasteiger partial charge in [0.25, 0.3) is 6.29 Å². The SMILES string of the molecule is C=COC(O)C(=O)OCC. The third-order valence-corrected chi connectivity index (χ3v) is 0.713. The molecule has 0 aromatic carbocycles. The second kappa shape index (κ2) is 4.81. The lowest BCUT2D eigenvalue weighted by molar-refractivity contribution is -0.173. The minimum atomic E-state index is -1.54. The fraction of sp³-hybridized carbons (Fsp3) is 0.500. The van der Waals surface area contributed by atoms with E-state index in [0.717, 1.165) is 6.26 Å². The van der Waals surface area contributed by atoms with Gasteiger partial charge in [0.2, 0.25) is 0 Å². The van der Waals surface area contributed by atoms with Crippen molar-refractivity contribution in [1.29, 1.82) is 0 Å². The fourth-order valence-electron chi connectivity index (χ4n) is 0.360. The summed E-state index contributed by atoms with van der Waals surface area (Å²) in [6.45, 7) is 5.01. The van der Waals surface area contributed by atoms with E-state index in [4.69, 9.17) is 5.11 Å². The van der Waals surface area contributed by atoms with E-state index in [1.807, 2.05) is 0 Å². The van der Waals surface area contributed by atoms with Crippen LogP contribution in [-0.2, 0) is 14.3 Å². The molecule has 0 bridgehead atoms. The number of ether oxygens (including phenoxy) is 2. The largest absolute Gasteiger partial charge is 0.462 e. The molecule has 10 heavy (non-hydrogen) atoms. The molecule has 0 heterocycles. The van der Waals surface area contributed by atoms with Gasteiger partial charge in [-0.15, -0.1) is 0 Å². The number of hydrogen-bond donors (Lipinski definition) is 1. The fourth-order valence-corrected chi connectivity index (χ4v) is 0.360. The van der Waals surface area contributed by atoms with Crippen molar-refractivity contribution in [3.63, 3.8) is 0 Å². The molecule has 0 radical (unpaired) electrons. The summed E-state index contributed by atoms with van der Waals surface area (Å²) in [5.41, 5.74) is 0. The van der Waals surface area contributed by atoms with E-state index in [1.54, 1.807) is 6.92 Å². The molecule has 0 aliphatic rings. The molecule has 0 saturated carbocycles. The number of carbonyl (C=O) groups is 1. The van der Waals surface area contributed by atoms with Gasteiger partial charge < -0.3 is 14.6 Å². The van der Waals surface area contributed by atoms with E-state index < -0.39 is 12.3 Å². The van der Waals surface area contributed by atoms with Gasteiger partial charge in [-0.25, -0.2) is 4.79 Å². The Labute approximate surface area is 59.1 Å². The van der Waals surface area contributed by atoms with Crippen molar-refractivity contribution in [2.45, 2.75) is 13.2 Å². The summed E-state index contributed by atoms with van der Waals surface area (Å²) in [7, 11) is 0. The molecule has 1 N–H and O–H groups in total. The van der Waals surface area contributed by atoms with Crippen LogP contribution in [0.5, 0.6) is 0 Å².